The van der Waals surface area contributed by atoms with E-state index in [0.717, 1.165) is 0 Å². The second kappa shape index (κ2) is 4.88. The van der Waals surface area contributed by atoms with Crippen LogP contribution < -0.4 is 5.32 Å². The largest absolute Gasteiger partial charge is 0.396 e. The summed E-state index contributed by atoms with van der Waals surface area (Å²) in [6.07, 6.45) is 3.39. The van der Waals surface area contributed by atoms with Gasteiger partial charge in [0.1, 0.15) is 19.2 Å². The van der Waals surface area contributed by atoms with Crippen LogP contribution in [0.25, 0.3) is 0 Å². The minimum atomic E-state index is -0.396. The van der Waals surface area contributed by atoms with Crippen LogP contribution in [0.4, 0.5) is 0 Å². The zero-order chi connectivity index (χ0) is 11.3. The fourth-order valence-corrected chi connectivity index (χ4v) is 1.22. The van der Waals surface area contributed by atoms with Gasteiger partial charge in [0.15, 0.2) is 0 Å². The third-order valence-corrected chi connectivity index (χ3v) is 1.99. The lowest BCUT2D eigenvalue weighted by Gasteiger charge is -2.25. The van der Waals surface area contributed by atoms with Crippen LogP contribution in [0.3, 0.4) is 0 Å². The molecule has 1 amide bonds. The highest BCUT2D eigenvalue weighted by Crippen LogP contribution is 2.06. The van der Waals surface area contributed by atoms with Crippen molar-refractivity contribution in [3.05, 3.63) is 12.7 Å². The van der Waals surface area contributed by atoms with Crippen molar-refractivity contribution in [2.24, 2.45) is 0 Å². The lowest BCUT2D eigenvalue weighted by Crippen LogP contribution is -2.45. The van der Waals surface area contributed by atoms with Crippen LogP contribution in [0.15, 0.2) is 12.7 Å². The maximum atomic E-state index is 11.5. The maximum absolute atomic E-state index is 11.5. The van der Waals surface area contributed by atoms with E-state index in [0.29, 0.717) is 6.42 Å². The molecule has 1 heterocycles. The Bertz CT molecular complexity index is 308. The molecule has 1 rings (SSSR count). The van der Waals surface area contributed by atoms with Gasteiger partial charge in [-0.1, -0.05) is 0 Å². The van der Waals surface area contributed by atoms with Crippen molar-refractivity contribution in [3.63, 3.8) is 0 Å². The van der Waals surface area contributed by atoms with Crippen LogP contribution in [-0.2, 0) is 11.3 Å². The van der Waals surface area contributed by atoms with Crippen molar-refractivity contribution in [3.8, 4) is 0 Å². The van der Waals surface area contributed by atoms with Crippen LogP contribution in [0.2, 0.25) is 0 Å². The van der Waals surface area contributed by atoms with Crippen LogP contribution in [0, 0.1) is 0 Å². The number of carbonyl (C=O) groups is 1. The Morgan fingerprint density at radius 2 is 2.33 bits per heavy atom. The molecule has 0 aliphatic heterocycles. The van der Waals surface area contributed by atoms with E-state index in [1.807, 2.05) is 13.8 Å². The van der Waals surface area contributed by atoms with Crippen molar-refractivity contribution in [1.29, 1.82) is 0 Å². The van der Waals surface area contributed by atoms with E-state index in [9.17, 15) is 4.79 Å². The van der Waals surface area contributed by atoms with Gasteiger partial charge in [-0.2, -0.15) is 5.10 Å². The molecule has 0 bridgehead atoms. The Balaban J connectivity index is 2.42. The van der Waals surface area contributed by atoms with E-state index >= 15 is 0 Å². The topological polar surface area (TPSA) is 80.0 Å². The molecule has 0 radical (unpaired) electrons. The number of aliphatic hydroxyl groups excluding tert-OH is 1. The molecule has 0 aliphatic rings. The van der Waals surface area contributed by atoms with Crippen molar-refractivity contribution in [2.75, 3.05) is 6.61 Å². The highest BCUT2D eigenvalue weighted by atomic mass is 16.3. The lowest BCUT2D eigenvalue weighted by molar-refractivity contribution is -0.123. The average Bonchev–Trinajstić information content (AvgIpc) is 2.54. The van der Waals surface area contributed by atoms with Crippen LogP contribution >= 0.6 is 0 Å². The first kappa shape index (κ1) is 11.6. The average molecular weight is 212 g/mol. The van der Waals surface area contributed by atoms with Crippen LogP contribution in [0.5, 0.6) is 0 Å². The summed E-state index contributed by atoms with van der Waals surface area (Å²) in [7, 11) is 0. The van der Waals surface area contributed by atoms with E-state index in [1.165, 1.54) is 17.3 Å². The molecule has 0 aliphatic carbocycles. The summed E-state index contributed by atoms with van der Waals surface area (Å²) < 4.78 is 1.45. The number of carbonyl (C=O) groups excluding carboxylic acids is 1. The molecule has 6 heteroatoms. The molecule has 0 fully saturated rings. The van der Waals surface area contributed by atoms with Crippen molar-refractivity contribution >= 4 is 5.91 Å². The third kappa shape index (κ3) is 4.07. The Kier molecular flexibility index (Phi) is 3.79. The van der Waals surface area contributed by atoms with Gasteiger partial charge >= 0.3 is 0 Å². The molecule has 6 nitrogen and oxygen atoms in total. The number of aliphatic hydroxyl groups is 1. The standard InChI is InChI=1S/C9H16N4O2/c1-9(2,3-4-14)12-8(15)5-13-7-10-6-11-13/h6-7,14H,3-5H2,1-2H3,(H,12,15). The van der Waals surface area contributed by atoms with Gasteiger partial charge in [0.05, 0.1) is 0 Å². The number of hydrogen-bond donors (Lipinski definition) is 2. The van der Waals surface area contributed by atoms with Crippen LogP contribution in [0.1, 0.15) is 20.3 Å². The molecular weight excluding hydrogens is 196 g/mol. The molecule has 2 N–H and O–H groups in total. The van der Waals surface area contributed by atoms with Gasteiger partial charge < -0.3 is 10.4 Å². The Morgan fingerprint density at radius 1 is 1.60 bits per heavy atom. The second-order valence-corrected chi connectivity index (χ2v) is 4.00. The van der Waals surface area contributed by atoms with Gasteiger partial charge in [0.2, 0.25) is 5.91 Å². The minimum Gasteiger partial charge on any atom is -0.396 e. The van der Waals surface area contributed by atoms with Gasteiger partial charge in [-0.3, -0.25) is 4.79 Å². The number of hydrogen-bond acceptors (Lipinski definition) is 4. The van der Waals surface area contributed by atoms with Gasteiger partial charge in [-0.05, 0) is 20.3 Å². The fourth-order valence-electron chi connectivity index (χ4n) is 1.22. The zero-order valence-corrected chi connectivity index (χ0v) is 8.97. The highest BCUT2D eigenvalue weighted by Gasteiger charge is 2.19. The van der Waals surface area contributed by atoms with Gasteiger partial charge in [0.25, 0.3) is 0 Å². The Labute approximate surface area is 88.3 Å². The van der Waals surface area contributed by atoms with E-state index in [4.69, 9.17) is 5.11 Å². The third-order valence-electron chi connectivity index (χ3n) is 1.99. The second-order valence-electron chi connectivity index (χ2n) is 4.00. The summed E-state index contributed by atoms with van der Waals surface area (Å²) in [6.45, 7) is 3.93. The lowest BCUT2D eigenvalue weighted by atomic mass is 10.0. The normalized spacial score (nSPS) is 11.4. The van der Waals surface area contributed by atoms with Crippen LogP contribution in [-0.4, -0.2) is 37.9 Å². The Morgan fingerprint density at radius 3 is 2.87 bits per heavy atom. The number of rotatable bonds is 5. The maximum Gasteiger partial charge on any atom is 0.242 e. The summed E-state index contributed by atoms with van der Waals surface area (Å²) in [4.78, 5) is 15.3. The highest BCUT2D eigenvalue weighted by molar-refractivity contribution is 5.76. The molecule has 0 spiro atoms. The smallest absolute Gasteiger partial charge is 0.242 e. The fraction of sp³-hybridized carbons (Fsp3) is 0.667. The first-order valence-electron chi connectivity index (χ1n) is 4.78. The molecular formula is C9H16N4O2. The quantitative estimate of drug-likeness (QED) is 0.693. The molecule has 0 unspecified atom stereocenters. The van der Waals surface area contributed by atoms with E-state index in [2.05, 4.69) is 15.4 Å². The molecule has 84 valence electrons. The monoisotopic (exact) mass is 212 g/mol. The molecule has 1 aromatic rings. The van der Waals surface area contributed by atoms with Gasteiger partial charge in [0, 0.05) is 12.1 Å². The van der Waals surface area contributed by atoms with Crippen molar-refractivity contribution < 1.29 is 9.90 Å². The molecule has 0 atom stereocenters. The first-order valence-corrected chi connectivity index (χ1v) is 4.78. The predicted molar refractivity (Wildman–Crippen MR) is 53.9 cm³/mol. The van der Waals surface area contributed by atoms with Crippen molar-refractivity contribution in [1.82, 2.24) is 20.1 Å². The number of amides is 1. The summed E-state index contributed by atoms with van der Waals surface area (Å²) >= 11 is 0. The van der Waals surface area contributed by atoms with Gasteiger partial charge in [-0.25, -0.2) is 9.67 Å². The molecule has 0 aromatic carbocycles. The van der Waals surface area contributed by atoms with E-state index < -0.39 is 5.54 Å². The summed E-state index contributed by atoms with van der Waals surface area (Å²) in [5.74, 6) is -0.140. The van der Waals surface area contributed by atoms with E-state index in [-0.39, 0.29) is 19.1 Å². The summed E-state index contributed by atoms with van der Waals surface area (Å²) in [5.41, 5.74) is -0.396. The zero-order valence-electron chi connectivity index (χ0n) is 8.97. The molecule has 0 saturated heterocycles. The number of nitrogens with one attached hydrogen (secondary N) is 1. The minimum absolute atomic E-state index is 0.0522. The number of aromatic nitrogens is 3. The first-order chi connectivity index (χ1) is 7.03. The SMILES string of the molecule is CC(C)(CCO)NC(=O)Cn1cncn1. The molecule has 0 saturated carbocycles. The Hall–Kier alpha value is -1.43. The predicted octanol–water partition coefficient (Wildman–Crippen LogP) is -0.445. The summed E-state index contributed by atoms with van der Waals surface area (Å²) in [5, 5.41) is 15.4. The van der Waals surface area contributed by atoms with Crippen molar-refractivity contribution in [2.45, 2.75) is 32.4 Å². The molecule has 15 heavy (non-hydrogen) atoms. The van der Waals surface area contributed by atoms with Gasteiger partial charge in [-0.15, -0.1) is 0 Å². The molecule has 1 aromatic heterocycles. The summed E-state index contributed by atoms with van der Waals surface area (Å²) in [6, 6.07) is 0. The van der Waals surface area contributed by atoms with E-state index in [1.54, 1.807) is 0 Å². The number of nitrogens with zero attached hydrogens (tertiary/aromatic N) is 3.